The second kappa shape index (κ2) is 9.04. The van der Waals surface area contributed by atoms with Gasteiger partial charge in [-0.25, -0.2) is 10.2 Å². The Bertz CT molecular complexity index is 1030. The van der Waals surface area contributed by atoms with Gasteiger partial charge in [0, 0.05) is 12.2 Å². The van der Waals surface area contributed by atoms with Gasteiger partial charge in [-0.15, -0.1) is 0 Å². The van der Waals surface area contributed by atoms with Crippen molar-refractivity contribution in [3.05, 3.63) is 53.6 Å². The Labute approximate surface area is 175 Å². The molecule has 0 amide bonds. The molecule has 8 heteroatoms. The van der Waals surface area contributed by atoms with E-state index in [1.807, 2.05) is 36.4 Å². The van der Waals surface area contributed by atoms with Crippen LogP contribution in [-0.4, -0.2) is 33.2 Å². The zero-order valence-electron chi connectivity index (χ0n) is 16.8. The highest BCUT2D eigenvalue weighted by Gasteiger charge is 2.25. The Kier molecular flexibility index (Phi) is 6.04. The maximum atomic E-state index is 11.5. The highest BCUT2D eigenvalue weighted by molar-refractivity contribution is 5.86. The zero-order valence-corrected chi connectivity index (χ0v) is 16.8. The van der Waals surface area contributed by atoms with Gasteiger partial charge in [-0.1, -0.05) is 30.3 Å². The van der Waals surface area contributed by atoms with Crippen molar-refractivity contribution in [2.24, 2.45) is 17.6 Å². The molecule has 0 atom stereocenters. The van der Waals surface area contributed by atoms with Crippen LogP contribution in [0.1, 0.15) is 25.7 Å². The van der Waals surface area contributed by atoms with Crippen molar-refractivity contribution in [3.8, 4) is 0 Å². The molecule has 5 N–H and O–H groups in total. The third kappa shape index (κ3) is 4.65. The summed E-state index contributed by atoms with van der Waals surface area (Å²) in [6.07, 6.45) is 5.76. The Balaban J connectivity index is 1.48. The van der Waals surface area contributed by atoms with E-state index in [4.69, 9.17) is 5.73 Å². The minimum absolute atomic E-state index is 0.00490. The molecule has 1 fully saturated rings. The monoisotopic (exact) mass is 407 g/mol. The van der Waals surface area contributed by atoms with Crippen molar-refractivity contribution in [3.63, 3.8) is 0 Å². The standard InChI is InChI=1S/C22H27N6O2/c23-12-15-5-7-16(8-6-15)13-24-21-20(28(29)30)14-25-22(27-21)26-19-10-9-17-3-1-2-4-18(17)11-19/h1-4,9-11,14-16H,5-8,12-13,23H2,(H,29,30)(H2,24,25,26,27)/q+1. The van der Waals surface area contributed by atoms with Crippen LogP contribution in [-0.2, 0) is 0 Å². The molecule has 30 heavy (non-hydrogen) atoms. The van der Waals surface area contributed by atoms with E-state index in [2.05, 4.69) is 26.7 Å². The first-order valence-electron chi connectivity index (χ1n) is 10.4. The van der Waals surface area contributed by atoms with E-state index in [0.29, 0.717) is 30.1 Å². The van der Waals surface area contributed by atoms with Crippen molar-refractivity contribution in [2.45, 2.75) is 25.7 Å². The van der Waals surface area contributed by atoms with E-state index in [9.17, 15) is 10.1 Å². The van der Waals surface area contributed by atoms with Crippen LogP contribution in [0, 0.1) is 16.7 Å². The second-order valence-corrected chi connectivity index (χ2v) is 7.89. The summed E-state index contributed by atoms with van der Waals surface area (Å²) < 4.78 is 0. The molecule has 4 rings (SSSR count). The molecule has 1 heterocycles. The van der Waals surface area contributed by atoms with Gasteiger partial charge >= 0.3 is 5.69 Å². The van der Waals surface area contributed by atoms with E-state index in [1.54, 1.807) is 0 Å². The van der Waals surface area contributed by atoms with Gasteiger partial charge in [-0.2, -0.15) is 4.98 Å². The Hall–Kier alpha value is -3.26. The largest absolute Gasteiger partial charge is 0.376 e. The van der Waals surface area contributed by atoms with Crippen LogP contribution in [0.4, 0.5) is 23.1 Å². The van der Waals surface area contributed by atoms with Gasteiger partial charge in [0.1, 0.15) is 6.20 Å². The van der Waals surface area contributed by atoms with Gasteiger partial charge < -0.3 is 16.4 Å². The number of anilines is 3. The molecule has 1 aliphatic rings. The Morgan fingerprint density at radius 3 is 2.53 bits per heavy atom. The molecule has 1 aliphatic carbocycles. The number of benzene rings is 2. The van der Waals surface area contributed by atoms with Gasteiger partial charge in [0.15, 0.2) is 0 Å². The van der Waals surface area contributed by atoms with Gasteiger partial charge in [0.25, 0.3) is 4.92 Å². The van der Waals surface area contributed by atoms with Crippen LogP contribution < -0.4 is 16.4 Å². The first-order valence-corrected chi connectivity index (χ1v) is 10.4. The summed E-state index contributed by atoms with van der Waals surface area (Å²) in [5.74, 6) is 1.77. The summed E-state index contributed by atoms with van der Waals surface area (Å²) in [5, 5.41) is 18.1. The van der Waals surface area contributed by atoms with Crippen molar-refractivity contribution < 1.29 is 10.1 Å². The lowest BCUT2D eigenvalue weighted by molar-refractivity contribution is -0.729. The SMILES string of the molecule is NCC1CCC(CNc2nc(Nc3ccc4ccccc4c3)ncc2[N+](=O)O)CC1. The van der Waals surface area contributed by atoms with Crippen LogP contribution in [0.15, 0.2) is 48.7 Å². The number of nitrogens with one attached hydrogen (secondary N) is 2. The number of aromatic nitrogens is 2. The lowest BCUT2D eigenvalue weighted by Gasteiger charge is -2.27. The smallest absolute Gasteiger partial charge is 0.364 e. The molecule has 156 valence electrons. The van der Waals surface area contributed by atoms with Crippen molar-refractivity contribution in [1.29, 1.82) is 0 Å². The molecule has 1 saturated carbocycles. The topological polar surface area (TPSA) is 116 Å². The molecule has 1 aromatic heterocycles. The van der Waals surface area contributed by atoms with Crippen LogP contribution >= 0.6 is 0 Å². The molecule has 2 aromatic carbocycles. The number of rotatable bonds is 7. The van der Waals surface area contributed by atoms with E-state index in [0.717, 1.165) is 48.7 Å². The summed E-state index contributed by atoms with van der Waals surface area (Å²) in [5.41, 5.74) is 6.61. The van der Waals surface area contributed by atoms with Gasteiger partial charge in [-0.3, -0.25) is 0 Å². The van der Waals surface area contributed by atoms with Gasteiger partial charge in [0.05, 0.1) is 4.91 Å². The third-order valence-corrected chi connectivity index (χ3v) is 5.84. The van der Waals surface area contributed by atoms with Crippen LogP contribution in [0.25, 0.3) is 10.8 Å². The van der Waals surface area contributed by atoms with E-state index >= 15 is 0 Å². The van der Waals surface area contributed by atoms with Crippen molar-refractivity contribution >= 4 is 33.9 Å². The van der Waals surface area contributed by atoms with Crippen molar-refractivity contribution in [1.82, 2.24) is 9.97 Å². The van der Waals surface area contributed by atoms with E-state index in [-0.39, 0.29) is 10.6 Å². The van der Waals surface area contributed by atoms with Crippen LogP contribution in [0.3, 0.4) is 0 Å². The predicted molar refractivity (Wildman–Crippen MR) is 117 cm³/mol. The number of hydrogen-bond donors (Lipinski definition) is 4. The fourth-order valence-corrected chi connectivity index (χ4v) is 4.01. The van der Waals surface area contributed by atoms with E-state index in [1.165, 1.54) is 6.20 Å². The highest BCUT2D eigenvalue weighted by atomic mass is 16.6. The average molecular weight is 407 g/mol. The quantitative estimate of drug-likeness (QED) is 0.430. The van der Waals surface area contributed by atoms with E-state index < -0.39 is 0 Å². The fraction of sp³-hybridized carbons (Fsp3) is 0.364. The number of fused-ring (bicyclic) bond motifs is 1. The number of nitrogens with two attached hydrogens (primary N) is 1. The molecular weight excluding hydrogens is 380 g/mol. The minimum Gasteiger partial charge on any atom is -0.364 e. The molecule has 0 radical (unpaired) electrons. The first kappa shape index (κ1) is 20.0. The van der Waals surface area contributed by atoms with Crippen LogP contribution in [0.5, 0.6) is 0 Å². The summed E-state index contributed by atoms with van der Waals surface area (Å²) >= 11 is 0. The second-order valence-electron chi connectivity index (χ2n) is 7.89. The first-order chi connectivity index (χ1) is 14.6. The molecule has 8 nitrogen and oxygen atoms in total. The van der Waals surface area contributed by atoms with Crippen molar-refractivity contribution in [2.75, 3.05) is 23.7 Å². The predicted octanol–water partition coefficient (Wildman–Crippen LogP) is 4.35. The number of hydrogen-bond acceptors (Lipinski definition) is 6. The summed E-state index contributed by atoms with van der Waals surface area (Å²) in [4.78, 5) is 19.9. The summed E-state index contributed by atoms with van der Waals surface area (Å²) in [7, 11) is 0. The van der Waals surface area contributed by atoms with Gasteiger partial charge in [-0.05, 0) is 67.0 Å². The summed E-state index contributed by atoms with van der Waals surface area (Å²) in [6.45, 7) is 1.43. The average Bonchev–Trinajstić information content (AvgIpc) is 2.78. The molecule has 0 bridgehead atoms. The molecule has 0 saturated heterocycles. The Morgan fingerprint density at radius 1 is 1.07 bits per heavy atom. The molecule has 0 aliphatic heterocycles. The summed E-state index contributed by atoms with van der Waals surface area (Å²) in [6, 6.07) is 14.1. The maximum absolute atomic E-state index is 11.5. The number of nitrogens with zero attached hydrogens (tertiary/aromatic N) is 3. The van der Waals surface area contributed by atoms with Gasteiger partial charge in [0.2, 0.25) is 11.8 Å². The lowest BCUT2D eigenvalue weighted by atomic mass is 9.82. The molecule has 3 aromatic rings. The normalized spacial score (nSPS) is 18.8. The maximum Gasteiger partial charge on any atom is 0.376 e. The fourth-order valence-electron chi connectivity index (χ4n) is 4.01. The minimum atomic E-state index is -0.201. The third-order valence-electron chi connectivity index (χ3n) is 5.84. The molecule has 0 unspecified atom stereocenters. The Morgan fingerprint density at radius 2 is 1.80 bits per heavy atom. The zero-order chi connectivity index (χ0) is 20.9. The highest BCUT2D eigenvalue weighted by Crippen LogP contribution is 2.30. The lowest BCUT2D eigenvalue weighted by Crippen LogP contribution is -2.25. The molecular formula is C22H27N6O2+. The van der Waals surface area contributed by atoms with Crippen LogP contribution in [0.2, 0.25) is 0 Å². The molecule has 0 spiro atoms.